The number of hydrogen-bond acceptors (Lipinski definition) is 5. The van der Waals surface area contributed by atoms with Crippen LogP contribution in [0.25, 0.3) is 10.8 Å². The van der Waals surface area contributed by atoms with Gasteiger partial charge in [0.05, 0.1) is 14.2 Å². The third-order valence-electron chi connectivity index (χ3n) is 4.27. The fourth-order valence-corrected chi connectivity index (χ4v) is 2.97. The first kappa shape index (κ1) is 15.4. The van der Waals surface area contributed by atoms with E-state index < -0.39 is 0 Å². The number of carbonyl (C=O) groups is 1. The van der Waals surface area contributed by atoms with Crippen LogP contribution < -0.4 is 14.4 Å². The van der Waals surface area contributed by atoms with E-state index in [-0.39, 0.29) is 5.91 Å². The van der Waals surface area contributed by atoms with E-state index in [1.807, 2.05) is 23.1 Å². The summed E-state index contributed by atoms with van der Waals surface area (Å²) < 4.78 is 10.8. The summed E-state index contributed by atoms with van der Waals surface area (Å²) in [6.07, 6.45) is 1.81. The molecule has 1 aromatic heterocycles. The highest BCUT2D eigenvalue weighted by Crippen LogP contribution is 2.35. The fraction of sp³-hybridized carbons (Fsp3) is 0.412. The molecule has 0 unspecified atom stereocenters. The second-order valence-electron chi connectivity index (χ2n) is 5.56. The molecular formula is C17H21N3O3. The van der Waals surface area contributed by atoms with Gasteiger partial charge in [0.1, 0.15) is 5.82 Å². The Morgan fingerprint density at radius 1 is 1.09 bits per heavy atom. The van der Waals surface area contributed by atoms with Crippen LogP contribution in [0, 0.1) is 0 Å². The number of aromatic nitrogens is 1. The molecule has 1 saturated heterocycles. The topological polar surface area (TPSA) is 54.9 Å². The first-order chi connectivity index (χ1) is 11.1. The lowest BCUT2D eigenvalue weighted by Crippen LogP contribution is -2.48. The molecule has 1 fully saturated rings. The van der Waals surface area contributed by atoms with E-state index in [0.29, 0.717) is 11.5 Å². The van der Waals surface area contributed by atoms with Crippen molar-refractivity contribution in [3.05, 3.63) is 24.4 Å². The van der Waals surface area contributed by atoms with Gasteiger partial charge >= 0.3 is 0 Å². The summed E-state index contributed by atoms with van der Waals surface area (Å²) in [4.78, 5) is 20.1. The molecule has 0 atom stereocenters. The predicted molar refractivity (Wildman–Crippen MR) is 89.3 cm³/mol. The monoisotopic (exact) mass is 315 g/mol. The molecule has 0 spiro atoms. The molecule has 122 valence electrons. The first-order valence-electron chi connectivity index (χ1n) is 7.65. The third-order valence-corrected chi connectivity index (χ3v) is 4.27. The number of anilines is 1. The molecule has 1 amide bonds. The zero-order valence-corrected chi connectivity index (χ0v) is 13.7. The minimum Gasteiger partial charge on any atom is -0.493 e. The second-order valence-corrected chi connectivity index (χ2v) is 5.56. The molecule has 6 nitrogen and oxygen atoms in total. The summed E-state index contributed by atoms with van der Waals surface area (Å²) in [5, 5.41) is 2.09. The lowest BCUT2D eigenvalue weighted by molar-refractivity contribution is -0.129. The zero-order valence-electron chi connectivity index (χ0n) is 13.7. The molecule has 23 heavy (non-hydrogen) atoms. The SMILES string of the molecule is COc1cc2ccnc(N3CCN(C(C)=O)CC3)c2cc1OC. The molecule has 6 heteroatoms. The molecule has 3 rings (SSSR count). The van der Waals surface area contributed by atoms with Gasteiger partial charge in [-0.25, -0.2) is 4.98 Å². The van der Waals surface area contributed by atoms with Gasteiger partial charge in [0, 0.05) is 44.7 Å². The minimum atomic E-state index is 0.127. The maximum absolute atomic E-state index is 11.5. The maximum atomic E-state index is 11.5. The number of ether oxygens (including phenoxy) is 2. The zero-order chi connectivity index (χ0) is 16.4. The summed E-state index contributed by atoms with van der Waals surface area (Å²) in [5.41, 5.74) is 0. The highest BCUT2D eigenvalue weighted by molar-refractivity contribution is 5.94. The Hall–Kier alpha value is -2.50. The van der Waals surface area contributed by atoms with Gasteiger partial charge in [-0.05, 0) is 23.6 Å². The molecule has 0 radical (unpaired) electrons. The van der Waals surface area contributed by atoms with Crippen molar-refractivity contribution in [2.24, 2.45) is 0 Å². The summed E-state index contributed by atoms with van der Waals surface area (Å²) >= 11 is 0. The van der Waals surface area contributed by atoms with Crippen molar-refractivity contribution in [1.82, 2.24) is 9.88 Å². The van der Waals surface area contributed by atoms with E-state index in [1.165, 1.54) is 0 Å². The van der Waals surface area contributed by atoms with Gasteiger partial charge in [-0.3, -0.25) is 4.79 Å². The van der Waals surface area contributed by atoms with Crippen LogP contribution in [0.5, 0.6) is 11.5 Å². The van der Waals surface area contributed by atoms with E-state index in [2.05, 4.69) is 9.88 Å². The lowest BCUT2D eigenvalue weighted by atomic mass is 10.1. The number of benzene rings is 1. The molecule has 0 bridgehead atoms. The van der Waals surface area contributed by atoms with E-state index >= 15 is 0 Å². The summed E-state index contributed by atoms with van der Waals surface area (Å²) in [6, 6.07) is 5.89. The van der Waals surface area contributed by atoms with Gasteiger partial charge in [-0.1, -0.05) is 0 Å². The number of pyridine rings is 1. The van der Waals surface area contributed by atoms with E-state index in [0.717, 1.165) is 42.8 Å². The molecule has 1 aromatic carbocycles. The van der Waals surface area contributed by atoms with Gasteiger partial charge < -0.3 is 19.3 Å². The van der Waals surface area contributed by atoms with Gasteiger partial charge in [0.2, 0.25) is 5.91 Å². The normalized spacial score (nSPS) is 14.9. The average molecular weight is 315 g/mol. The van der Waals surface area contributed by atoms with Crippen LogP contribution in [0.15, 0.2) is 24.4 Å². The summed E-state index contributed by atoms with van der Waals surface area (Å²) in [7, 11) is 3.26. The maximum Gasteiger partial charge on any atom is 0.219 e. The van der Waals surface area contributed by atoms with Crippen LogP contribution in [0.3, 0.4) is 0 Å². The van der Waals surface area contributed by atoms with E-state index in [9.17, 15) is 4.79 Å². The Morgan fingerprint density at radius 3 is 2.35 bits per heavy atom. The Morgan fingerprint density at radius 2 is 1.74 bits per heavy atom. The smallest absolute Gasteiger partial charge is 0.219 e. The molecule has 1 aliphatic rings. The van der Waals surface area contributed by atoms with Gasteiger partial charge in [-0.2, -0.15) is 0 Å². The highest BCUT2D eigenvalue weighted by Gasteiger charge is 2.21. The molecule has 0 N–H and O–H groups in total. The minimum absolute atomic E-state index is 0.127. The van der Waals surface area contributed by atoms with Crippen LogP contribution in [0.1, 0.15) is 6.92 Å². The third kappa shape index (κ3) is 2.88. The van der Waals surface area contributed by atoms with Crippen molar-refractivity contribution in [3.63, 3.8) is 0 Å². The van der Waals surface area contributed by atoms with Gasteiger partial charge in [0.25, 0.3) is 0 Å². The highest BCUT2D eigenvalue weighted by atomic mass is 16.5. The van der Waals surface area contributed by atoms with E-state index in [4.69, 9.17) is 9.47 Å². The summed E-state index contributed by atoms with van der Waals surface area (Å²) in [5.74, 6) is 2.45. The Balaban J connectivity index is 1.97. The standard InChI is InChI=1S/C17H21N3O3/c1-12(21)19-6-8-20(9-7-19)17-14-11-16(23-3)15(22-2)10-13(14)4-5-18-17/h4-5,10-11H,6-9H2,1-3H3. The van der Waals surface area contributed by atoms with Crippen molar-refractivity contribution in [1.29, 1.82) is 0 Å². The number of carbonyl (C=O) groups excluding carboxylic acids is 1. The average Bonchev–Trinajstić information content (AvgIpc) is 2.60. The number of rotatable bonds is 3. The van der Waals surface area contributed by atoms with Crippen molar-refractivity contribution in [2.75, 3.05) is 45.3 Å². The Bertz CT molecular complexity index is 724. The first-order valence-corrected chi connectivity index (χ1v) is 7.65. The lowest BCUT2D eigenvalue weighted by Gasteiger charge is -2.35. The van der Waals surface area contributed by atoms with Crippen LogP contribution in [0.4, 0.5) is 5.82 Å². The van der Waals surface area contributed by atoms with Crippen LogP contribution in [-0.4, -0.2) is 56.2 Å². The van der Waals surface area contributed by atoms with Crippen molar-refractivity contribution in [3.8, 4) is 11.5 Å². The Kier molecular flexibility index (Phi) is 4.23. The quantitative estimate of drug-likeness (QED) is 0.866. The van der Waals surface area contributed by atoms with Crippen molar-refractivity contribution >= 4 is 22.5 Å². The largest absolute Gasteiger partial charge is 0.493 e. The predicted octanol–water partition coefficient (Wildman–Crippen LogP) is 1.92. The molecule has 2 heterocycles. The number of hydrogen-bond donors (Lipinski definition) is 0. The Labute approximate surface area is 135 Å². The molecule has 0 saturated carbocycles. The fourth-order valence-electron chi connectivity index (χ4n) is 2.97. The van der Waals surface area contributed by atoms with Gasteiger partial charge in [-0.15, -0.1) is 0 Å². The van der Waals surface area contributed by atoms with E-state index in [1.54, 1.807) is 27.3 Å². The molecule has 1 aliphatic heterocycles. The number of piperazine rings is 1. The molecule has 0 aliphatic carbocycles. The number of methoxy groups -OCH3 is 2. The molecular weight excluding hydrogens is 294 g/mol. The molecule has 2 aromatic rings. The van der Waals surface area contributed by atoms with Gasteiger partial charge in [0.15, 0.2) is 11.5 Å². The van der Waals surface area contributed by atoms with Crippen LogP contribution in [-0.2, 0) is 4.79 Å². The van der Waals surface area contributed by atoms with Crippen LogP contribution >= 0.6 is 0 Å². The van der Waals surface area contributed by atoms with Crippen molar-refractivity contribution in [2.45, 2.75) is 6.92 Å². The second kappa shape index (κ2) is 6.32. The number of fused-ring (bicyclic) bond motifs is 1. The number of nitrogens with zero attached hydrogens (tertiary/aromatic N) is 3. The number of amides is 1. The summed E-state index contributed by atoms with van der Waals surface area (Å²) in [6.45, 7) is 4.62. The van der Waals surface area contributed by atoms with Crippen molar-refractivity contribution < 1.29 is 14.3 Å². The van der Waals surface area contributed by atoms with Crippen LogP contribution in [0.2, 0.25) is 0 Å².